The number of nitrogens with zero attached hydrogens (tertiary/aromatic N) is 3. The second kappa shape index (κ2) is 4.51. The minimum atomic E-state index is -0.230. The highest BCUT2D eigenvalue weighted by atomic mass is 19.1. The first-order chi connectivity index (χ1) is 9.20. The largest absolute Gasteiger partial charge is 0.319 e. The number of aryl methyl sites for hydroxylation is 2. The molecule has 0 atom stereocenters. The molecule has 2 aromatic rings. The van der Waals surface area contributed by atoms with Gasteiger partial charge in [0.05, 0.1) is 0 Å². The van der Waals surface area contributed by atoms with Crippen LogP contribution in [0.2, 0.25) is 0 Å². The fraction of sp³-hybridized carbons (Fsp3) is 0.333. The Labute approximate surface area is 111 Å². The number of hydrogen-bond donors (Lipinski definition) is 0. The Morgan fingerprint density at radius 1 is 1.37 bits per heavy atom. The number of benzene rings is 1. The zero-order chi connectivity index (χ0) is 13.4. The quantitative estimate of drug-likeness (QED) is 0.785. The highest BCUT2D eigenvalue weighted by Gasteiger charge is 2.20. The molecule has 0 saturated heterocycles. The van der Waals surface area contributed by atoms with Crippen molar-refractivity contribution >= 4 is 0 Å². The number of nitriles is 1. The summed E-state index contributed by atoms with van der Waals surface area (Å²) in [6.07, 6.45) is 3.11. The number of imidazole rings is 1. The lowest BCUT2D eigenvalue weighted by Gasteiger charge is -2.13. The number of aromatic nitrogens is 2. The van der Waals surface area contributed by atoms with Crippen molar-refractivity contribution in [2.45, 2.75) is 32.7 Å². The Kier molecular flexibility index (Phi) is 2.83. The molecular weight excluding hydrogens is 241 g/mol. The van der Waals surface area contributed by atoms with E-state index in [0.717, 1.165) is 37.2 Å². The summed E-state index contributed by atoms with van der Waals surface area (Å²) in [5, 5.41) is 9.36. The van der Waals surface area contributed by atoms with Crippen LogP contribution in [-0.2, 0) is 13.0 Å². The standard InChI is InChI=1S/C15H14FN3/c1-10-8-11(5-6-12(10)16)15-13(9-17)19-7-3-2-4-14(19)18-15/h5-6,8H,2-4,7H2,1H3. The minimum Gasteiger partial charge on any atom is -0.319 e. The molecule has 4 heteroatoms. The summed E-state index contributed by atoms with van der Waals surface area (Å²) in [5.41, 5.74) is 2.67. The molecular formula is C15H14FN3. The molecule has 0 spiro atoms. The van der Waals surface area contributed by atoms with Gasteiger partial charge in [0.2, 0.25) is 0 Å². The van der Waals surface area contributed by atoms with Crippen LogP contribution in [0.5, 0.6) is 0 Å². The molecule has 2 heterocycles. The zero-order valence-corrected chi connectivity index (χ0v) is 10.8. The van der Waals surface area contributed by atoms with Crippen LogP contribution in [0.3, 0.4) is 0 Å². The number of halogens is 1. The van der Waals surface area contributed by atoms with Gasteiger partial charge in [-0.15, -0.1) is 0 Å². The van der Waals surface area contributed by atoms with Crippen LogP contribution < -0.4 is 0 Å². The first-order valence-electron chi connectivity index (χ1n) is 6.46. The molecule has 0 fully saturated rings. The molecule has 96 valence electrons. The maximum Gasteiger partial charge on any atom is 0.148 e. The summed E-state index contributed by atoms with van der Waals surface area (Å²) in [4.78, 5) is 4.58. The Bertz CT molecular complexity index is 679. The lowest BCUT2D eigenvalue weighted by molar-refractivity contribution is 0.519. The van der Waals surface area contributed by atoms with E-state index in [9.17, 15) is 9.65 Å². The van der Waals surface area contributed by atoms with Crippen LogP contribution in [0.4, 0.5) is 4.39 Å². The maximum absolute atomic E-state index is 13.3. The van der Waals surface area contributed by atoms with E-state index in [1.807, 2.05) is 4.57 Å². The van der Waals surface area contributed by atoms with Crippen molar-refractivity contribution in [3.8, 4) is 17.3 Å². The van der Waals surface area contributed by atoms with Crippen LogP contribution in [0, 0.1) is 24.1 Å². The Hall–Kier alpha value is -2.15. The topological polar surface area (TPSA) is 41.6 Å². The van der Waals surface area contributed by atoms with Gasteiger partial charge >= 0.3 is 0 Å². The monoisotopic (exact) mass is 255 g/mol. The van der Waals surface area contributed by atoms with E-state index in [4.69, 9.17) is 0 Å². The molecule has 3 nitrogen and oxygen atoms in total. The molecule has 0 saturated carbocycles. The Morgan fingerprint density at radius 3 is 2.95 bits per heavy atom. The molecule has 0 amide bonds. The fourth-order valence-corrected chi connectivity index (χ4v) is 2.59. The van der Waals surface area contributed by atoms with Gasteiger partial charge in [-0.1, -0.05) is 0 Å². The maximum atomic E-state index is 13.3. The van der Waals surface area contributed by atoms with Crippen molar-refractivity contribution in [3.05, 3.63) is 41.1 Å². The first-order valence-corrected chi connectivity index (χ1v) is 6.46. The average Bonchev–Trinajstić information content (AvgIpc) is 2.80. The van der Waals surface area contributed by atoms with Gasteiger partial charge < -0.3 is 4.57 Å². The van der Waals surface area contributed by atoms with E-state index >= 15 is 0 Å². The van der Waals surface area contributed by atoms with Crippen molar-refractivity contribution < 1.29 is 4.39 Å². The SMILES string of the molecule is Cc1cc(-c2nc3n(c2C#N)CCCC3)ccc1F. The average molecular weight is 255 g/mol. The third kappa shape index (κ3) is 1.91. The number of hydrogen-bond acceptors (Lipinski definition) is 2. The summed E-state index contributed by atoms with van der Waals surface area (Å²) < 4.78 is 15.3. The number of fused-ring (bicyclic) bond motifs is 1. The smallest absolute Gasteiger partial charge is 0.148 e. The second-order valence-electron chi connectivity index (χ2n) is 4.91. The third-order valence-electron chi connectivity index (χ3n) is 3.62. The summed E-state index contributed by atoms with van der Waals surface area (Å²) >= 11 is 0. The normalized spacial score (nSPS) is 13.9. The molecule has 3 rings (SSSR count). The zero-order valence-electron chi connectivity index (χ0n) is 10.8. The van der Waals surface area contributed by atoms with Gasteiger partial charge in [0.15, 0.2) is 0 Å². The highest BCUT2D eigenvalue weighted by Crippen LogP contribution is 2.28. The van der Waals surface area contributed by atoms with Crippen LogP contribution in [-0.4, -0.2) is 9.55 Å². The van der Waals surface area contributed by atoms with Gasteiger partial charge in [-0.05, 0) is 43.5 Å². The van der Waals surface area contributed by atoms with Gasteiger partial charge in [0, 0.05) is 18.5 Å². The van der Waals surface area contributed by atoms with Crippen LogP contribution >= 0.6 is 0 Å². The molecule has 0 bridgehead atoms. The molecule has 1 aliphatic rings. The summed E-state index contributed by atoms with van der Waals surface area (Å²) in [6, 6.07) is 7.12. The van der Waals surface area contributed by atoms with E-state index in [0.29, 0.717) is 17.0 Å². The van der Waals surface area contributed by atoms with Crippen LogP contribution in [0.1, 0.15) is 29.9 Å². The van der Waals surface area contributed by atoms with E-state index in [1.165, 1.54) is 6.07 Å². The second-order valence-corrected chi connectivity index (χ2v) is 4.91. The molecule has 1 aromatic carbocycles. The molecule has 1 aromatic heterocycles. The van der Waals surface area contributed by atoms with Crippen LogP contribution in [0.15, 0.2) is 18.2 Å². The van der Waals surface area contributed by atoms with Gasteiger partial charge in [-0.25, -0.2) is 9.37 Å². The number of rotatable bonds is 1. The lowest BCUT2D eigenvalue weighted by Crippen LogP contribution is -2.11. The van der Waals surface area contributed by atoms with E-state index in [2.05, 4.69) is 11.1 Å². The van der Waals surface area contributed by atoms with E-state index in [-0.39, 0.29) is 5.82 Å². The third-order valence-corrected chi connectivity index (χ3v) is 3.62. The van der Waals surface area contributed by atoms with Crippen molar-refractivity contribution in [1.82, 2.24) is 9.55 Å². The van der Waals surface area contributed by atoms with Gasteiger partial charge in [0.1, 0.15) is 29.1 Å². The minimum absolute atomic E-state index is 0.230. The van der Waals surface area contributed by atoms with Crippen molar-refractivity contribution in [2.24, 2.45) is 0 Å². The summed E-state index contributed by atoms with van der Waals surface area (Å²) in [7, 11) is 0. The Morgan fingerprint density at radius 2 is 2.21 bits per heavy atom. The summed E-state index contributed by atoms with van der Waals surface area (Å²) in [5.74, 6) is 0.742. The fourth-order valence-electron chi connectivity index (χ4n) is 2.59. The van der Waals surface area contributed by atoms with Crippen LogP contribution in [0.25, 0.3) is 11.3 Å². The van der Waals surface area contributed by atoms with Crippen molar-refractivity contribution in [1.29, 1.82) is 5.26 Å². The van der Waals surface area contributed by atoms with Gasteiger partial charge in [-0.2, -0.15) is 5.26 Å². The first kappa shape index (κ1) is 11.9. The van der Waals surface area contributed by atoms with E-state index < -0.39 is 0 Å². The molecule has 0 aliphatic carbocycles. The van der Waals surface area contributed by atoms with Crippen molar-refractivity contribution in [2.75, 3.05) is 0 Å². The van der Waals surface area contributed by atoms with Crippen molar-refractivity contribution in [3.63, 3.8) is 0 Å². The molecule has 0 N–H and O–H groups in total. The summed E-state index contributed by atoms with van der Waals surface area (Å²) in [6.45, 7) is 2.58. The Balaban J connectivity index is 2.17. The molecule has 19 heavy (non-hydrogen) atoms. The molecule has 1 aliphatic heterocycles. The predicted molar refractivity (Wildman–Crippen MR) is 70.0 cm³/mol. The predicted octanol–water partition coefficient (Wildman–Crippen LogP) is 3.21. The molecule has 0 unspecified atom stereocenters. The molecule has 0 radical (unpaired) electrons. The van der Waals surface area contributed by atoms with Gasteiger partial charge in [0.25, 0.3) is 0 Å². The highest BCUT2D eigenvalue weighted by molar-refractivity contribution is 5.66. The lowest BCUT2D eigenvalue weighted by atomic mass is 10.1. The van der Waals surface area contributed by atoms with Gasteiger partial charge in [-0.3, -0.25) is 0 Å². The van der Waals surface area contributed by atoms with E-state index in [1.54, 1.807) is 19.1 Å².